The molecule has 0 aromatic heterocycles. The number of benzene rings is 1. The molecule has 8 heteroatoms. The number of carbonyl (C=O) groups is 4. The van der Waals surface area contributed by atoms with Gasteiger partial charge in [-0.2, -0.15) is 0 Å². The third kappa shape index (κ3) is 4.71. The first kappa shape index (κ1) is 21.1. The van der Waals surface area contributed by atoms with Crippen LogP contribution >= 0.6 is 0 Å². The second kappa shape index (κ2) is 9.28. The highest BCUT2D eigenvalue weighted by Gasteiger charge is 2.45. The van der Waals surface area contributed by atoms with Crippen molar-refractivity contribution in [2.45, 2.75) is 64.1 Å². The summed E-state index contributed by atoms with van der Waals surface area (Å²) < 4.78 is 0. The molecule has 1 aromatic rings. The minimum atomic E-state index is -0.939. The molecule has 2 heterocycles. The van der Waals surface area contributed by atoms with E-state index in [9.17, 15) is 19.2 Å². The number of fused-ring (bicyclic) bond motifs is 1. The highest BCUT2D eigenvalue weighted by atomic mass is 16.2. The molecule has 1 fully saturated rings. The molecular weight excluding hydrogens is 372 g/mol. The van der Waals surface area contributed by atoms with E-state index < -0.39 is 23.8 Å². The molecular formula is C21H28N4O4. The SMILES string of the molecule is C[C@H](N)CCCCCNCc1cccc2c1C(=O)N(C1CCC(=O)NC1=O)C2=O. The van der Waals surface area contributed by atoms with Crippen LogP contribution in [0.25, 0.3) is 0 Å². The van der Waals surface area contributed by atoms with E-state index in [0.717, 1.165) is 42.7 Å². The largest absolute Gasteiger partial charge is 0.328 e. The summed E-state index contributed by atoms with van der Waals surface area (Å²) in [6.45, 7) is 3.28. The molecule has 0 radical (unpaired) electrons. The predicted molar refractivity (Wildman–Crippen MR) is 107 cm³/mol. The van der Waals surface area contributed by atoms with Crippen molar-refractivity contribution in [3.05, 3.63) is 34.9 Å². The van der Waals surface area contributed by atoms with Crippen LogP contribution in [0.15, 0.2) is 18.2 Å². The lowest BCUT2D eigenvalue weighted by molar-refractivity contribution is -0.136. The van der Waals surface area contributed by atoms with Gasteiger partial charge in [-0.1, -0.05) is 25.0 Å². The molecule has 4 N–H and O–H groups in total. The Kier molecular flexibility index (Phi) is 6.76. The zero-order chi connectivity index (χ0) is 21.0. The lowest BCUT2D eigenvalue weighted by Crippen LogP contribution is -2.54. The number of piperidine rings is 1. The number of hydrogen-bond acceptors (Lipinski definition) is 6. The summed E-state index contributed by atoms with van der Waals surface area (Å²) in [5, 5.41) is 5.54. The fraction of sp³-hybridized carbons (Fsp3) is 0.524. The molecule has 1 unspecified atom stereocenters. The molecule has 156 valence electrons. The number of carbonyl (C=O) groups excluding carboxylic acids is 4. The van der Waals surface area contributed by atoms with Gasteiger partial charge in [-0.25, -0.2) is 0 Å². The van der Waals surface area contributed by atoms with E-state index in [1.807, 2.05) is 13.0 Å². The monoisotopic (exact) mass is 400 g/mol. The molecule has 1 saturated heterocycles. The van der Waals surface area contributed by atoms with E-state index in [0.29, 0.717) is 17.7 Å². The number of unbranched alkanes of at least 4 members (excludes halogenated alkanes) is 2. The van der Waals surface area contributed by atoms with E-state index in [1.54, 1.807) is 12.1 Å². The molecule has 2 aliphatic rings. The molecule has 2 aliphatic heterocycles. The van der Waals surface area contributed by atoms with Crippen LogP contribution in [0.4, 0.5) is 0 Å². The number of amides is 4. The fourth-order valence-electron chi connectivity index (χ4n) is 3.85. The van der Waals surface area contributed by atoms with E-state index >= 15 is 0 Å². The van der Waals surface area contributed by atoms with Gasteiger partial charge in [-0.15, -0.1) is 0 Å². The number of imide groups is 2. The Bertz CT molecular complexity index is 821. The number of hydrogen-bond donors (Lipinski definition) is 3. The Morgan fingerprint density at radius 2 is 1.97 bits per heavy atom. The molecule has 0 aliphatic carbocycles. The second-order valence-corrected chi connectivity index (χ2v) is 7.79. The van der Waals surface area contributed by atoms with Gasteiger partial charge in [-0.3, -0.25) is 29.4 Å². The normalized spacial score (nSPS) is 20.1. The Morgan fingerprint density at radius 3 is 2.69 bits per heavy atom. The summed E-state index contributed by atoms with van der Waals surface area (Å²) in [6, 6.07) is 4.47. The first-order chi connectivity index (χ1) is 13.9. The van der Waals surface area contributed by atoms with Crippen molar-refractivity contribution in [3.8, 4) is 0 Å². The Hall–Kier alpha value is -2.58. The van der Waals surface area contributed by atoms with Gasteiger partial charge in [-0.05, 0) is 44.4 Å². The molecule has 4 amide bonds. The molecule has 0 spiro atoms. The highest BCUT2D eigenvalue weighted by Crippen LogP contribution is 2.29. The van der Waals surface area contributed by atoms with E-state index in [4.69, 9.17) is 5.73 Å². The molecule has 0 saturated carbocycles. The zero-order valence-electron chi connectivity index (χ0n) is 16.7. The van der Waals surface area contributed by atoms with E-state index in [1.165, 1.54) is 0 Å². The predicted octanol–water partition coefficient (Wildman–Crippen LogP) is 1.08. The van der Waals surface area contributed by atoms with Gasteiger partial charge in [0.2, 0.25) is 11.8 Å². The molecule has 29 heavy (non-hydrogen) atoms. The summed E-state index contributed by atoms with van der Waals surface area (Å²) in [5.41, 5.74) is 7.16. The summed E-state index contributed by atoms with van der Waals surface area (Å²) in [5.74, 6) is -1.91. The van der Waals surface area contributed by atoms with Gasteiger partial charge < -0.3 is 11.1 Å². The van der Waals surface area contributed by atoms with E-state index in [-0.39, 0.29) is 24.8 Å². The van der Waals surface area contributed by atoms with Crippen molar-refractivity contribution in [2.75, 3.05) is 6.54 Å². The van der Waals surface area contributed by atoms with Crippen molar-refractivity contribution >= 4 is 23.6 Å². The third-order valence-electron chi connectivity index (χ3n) is 5.38. The average Bonchev–Trinajstić information content (AvgIpc) is 2.92. The third-order valence-corrected chi connectivity index (χ3v) is 5.38. The van der Waals surface area contributed by atoms with Crippen LogP contribution in [0.2, 0.25) is 0 Å². The zero-order valence-corrected chi connectivity index (χ0v) is 16.7. The summed E-state index contributed by atoms with van der Waals surface area (Å²) in [7, 11) is 0. The van der Waals surface area contributed by atoms with Gasteiger partial charge in [0, 0.05) is 19.0 Å². The summed E-state index contributed by atoms with van der Waals surface area (Å²) in [6.07, 6.45) is 4.47. The Morgan fingerprint density at radius 1 is 1.17 bits per heavy atom. The number of nitrogens with zero attached hydrogens (tertiary/aromatic N) is 1. The summed E-state index contributed by atoms with van der Waals surface area (Å²) in [4.78, 5) is 50.3. The van der Waals surface area contributed by atoms with Crippen LogP contribution in [0.1, 0.15) is 71.7 Å². The van der Waals surface area contributed by atoms with Gasteiger partial charge in [0.1, 0.15) is 6.04 Å². The Balaban J connectivity index is 1.62. The topological polar surface area (TPSA) is 122 Å². The van der Waals surface area contributed by atoms with Crippen molar-refractivity contribution < 1.29 is 19.2 Å². The first-order valence-electron chi connectivity index (χ1n) is 10.2. The lowest BCUT2D eigenvalue weighted by atomic mass is 10.0. The molecule has 0 bridgehead atoms. The smallest absolute Gasteiger partial charge is 0.262 e. The molecule has 1 aromatic carbocycles. The Labute approximate surface area is 170 Å². The highest BCUT2D eigenvalue weighted by molar-refractivity contribution is 6.24. The minimum absolute atomic E-state index is 0.112. The minimum Gasteiger partial charge on any atom is -0.328 e. The first-order valence-corrected chi connectivity index (χ1v) is 10.2. The number of rotatable bonds is 9. The maximum Gasteiger partial charge on any atom is 0.262 e. The van der Waals surface area contributed by atoms with E-state index in [2.05, 4.69) is 10.6 Å². The summed E-state index contributed by atoms with van der Waals surface area (Å²) >= 11 is 0. The average molecular weight is 400 g/mol. The number of nitrogens with one attached hydrogen (secondary N) is 2. The van der Waals surface area contributed by atoms with Crippen molar-refractivity contribution in [3.63, 3.8) is 0 Å². The lowest BCUT2D eigenvalue weighted by Gasteiger charge is -2.27. The van der Waals surface area contributed by atoms with Crippen LogP contribution < -0.4 is 16.4 Å². The maximum absolute atomic E-state index is 13.0. The van der Waals surface area contributed by atoms with Crippen molar-refractivity contribution in [1.29, 1.82) is 0 Å². The maximum atomic E-state index is 13.0. The standard InChI is InChI=1S/C21H28N4O4/c1-13(22)6-3-2-4-11-23-12-14-7-5-8-15-18(14)21(29)25(20(15)28)16-9-10-17(26)24-19(16)27/h5,7-8,13,16,23H,2-4,6,9-12,22H2,1H3,(H,24,26,27)/t13-,16?/m0/s1. The number of nitrogens with two attached hydrogens (primary N) is 1. The van der Waals surface area contributed by atoms with Crippen LogP contribution in [-0.4, -0.2) is 47.2 Å². The van der Waals surface area contributed by atoms with Crippen LogP contribution in [0.5, 0.6) is 0 Å². The van der Waals surface area contributed by atoms with Gasteiger partial charge in [0.15, 0.2) is 0 Å². The quantitative estimate of drug-likeness (QED) is 0.421. The van der Waals surface area contributed by atoms with Crippen LogP contribution in [0, 0.1) is 0 Å². The van der Waals surface area contributed by atoms with Crippen molar-refractivity contribution in [1.82, 2.24) is 15.5 Å². The van der Waals surface area contributed by atoms with Gasteiger partial charge in [0.05, 0.1) is 11.1 Å². The fourth-order valence-corrected chi connectivity index (χ4v) is 3.85. The van der Waals surface area contributed by atoms with Crippen LogP contribution in [-0.2, 0) is 16.1 Å². The molecule has 3 rings (SSSR count). The second-order valence-electron chi connectivity index (χ2n) is 7.79. The van der Waals surface area contributed by atoms with Gasteiger partial charge in [0.25, 0.3) is 11.8 Å². The van der Waals surface area contributed by atoms with Gasteiger partial charge >= 0.3 is 0 Å². The van der Waals surface area contributed by atoms with Crippen molar-refractivity contribution in [2.24, 2.45) is 5.73 Å². The molecule has 8 nitrogen and oxygen atoms in total. The van der Waals surface area contributed by atoms with Crippen LogP contribution in [0.3, 0.4) is 0 Å². The molecule has 2 atom stereocenters.